The van der Waals surface area contributed by atoms with E-state index in [1.165, 1.54) is 6.07 Å². The summed E-state index contributed by atoms with van der Waals surface area (Å²) in [7, 11) is 0. The highest BCUT2D eigenvalue weighted by molar-refractivity contribution is 7.08. The molecule has 0 aliphatic carbocycles. The van der Waals surface area contributed by atoms with Gasteiger partial charge in [0.25, 0.3) is 0 Å². The van der Waals surface area contributed by atoms with Crippen molar-refractivity contribution >= 4 is 35.1 Å². The highest BCUT2D eigenvalue weighted by atomic mass is 35.5. The molecule has 2 aromatic rings. The molecule has 0 fully saturated rings. The number of hydrogen-bond acceptors (Lipinski definition) is 6. The molecular weight excluding hydrogens is 280 g/mol. The van der Waals surface area contributed by atoms with E-state index in [1.54, 1.807) is 18.2 Å². The van der Waals surface area contributed by atoms with Gasteiger partial charge in [0.15, 0.2) is 10.6 Å². The third-order valence-corrected chi connectivity index (χ3v) is 2.93. The van der Waals surface area contributed by atoms with Crippen molar-refractivity contribution in [1.82, 2.24) is 9.59 Å². The van der Waals surface area contributed by atoms with E-state index in [4.69, 9.17) is 21.4 Å². The van der Waals surface area contributed by atoms with Crippen molar-refractivity contribution in [1.29, 1.82) is 0 Å². The second-order valence-electron chi connectivity index (χ2n) is 3.08. The third-order valence-electron chi connectivity index (χ3n) is 1.92. The molecule has 8 heteroatoms. The summed E-state index contributed by atoms with van der Waals surface area (Å²) < 4.78 is 8.38. The summed E-state index contributed by atoms with van der Waals surface area (Å²) in [6.45, 7) is 0. The minimum Gasteiger partial charge on any atom is -0.476 e. The monoisotopic (exact) mass is 284 g/mol. The van der Waals surface area contributed by atoms with Gasteiger partial charge in [-0.3, -0.25) is 0 Å². The molecule has 0 amide bonds. The van der Waals surface area contributed by atoms with Gasteiger partial charge in [-0.05, 0) is 23.7 Å². The van der Waals surface area contributed by atoms with E-state index in [2.05, 4.69) is 9.59 Å². The number of carboxylic acids is 1. The minimum absolute atomic E-state index is 0.147. The lowest BCUT2D eigenvalue weighted by atomic mass is 10.3. The lowest BCUT2D eigenvalue weighted by Gasteiger charge is -2.03. The predicted molar refractivity (Wildman–Crippen MR) is 63.3 cm³/mol. The van der Waals surface area contributed by atoms with E-state index in [0.29, 0.717) is 11.5 Å². The summed E-state index contributed by atoms with van der Waals surface area (Å²) in [5.74, 6) is -2.04. The number of nitrogens with zero attached hydrogens (tertiary/aromatic N) is 2. The molecule has 6 nitrogen and oxygen atoms in total. The number of carbonyl (C=O) groups excluding carboxylic acids is 1. The van der Waals surface area contributed by atoms with Crippen molar-refractivity contribution in [2.75, 3.05) is 0 Å². The fraction of sp³-hybridized carbons (Fsp3) is 0. The second kappa shape index (κ2) is 5.11. The van der Waals surface area contributed by atoms with Crippen molar-refractivity contribution in [2.24, 2.45) is 0 Å². The molecule has 0 saturated carbocycles. The summed E-state index contributed by atoms with van der Waals surface area (Å²) in [6.07, 6.45) is 0. The number of halogens is 1. The lowest BCUT2D eigenvalue weighted by Crippen LogP contribution is -2.12. The molecule has 1 aromatic carbocycles. The number of hydrogen-bond donors (Lipinski definition) is 1. The molecule has 0 aliphatic rings. The molecule has 0 spiro atoms. The van der Waals surface area contributed by atoms with Crippen molar-refractivity contribution in [3.8, 4) is 5.75 Å². The fourth-order valence-corrected chi connectivity index (χ4v) is 1.85. The first-order valence-corrected chi connectivity index (χ1v) is 5.77. The number of ether oxygens (including phenoxy) is 1. The quantitative estimate of drug-likeness (QED) is 0.686. The summed E-state index contributed by atoms with van der Waals surface area (Å²) in [5, 5.41) is 12.4. The molecule has 1 aromatic heterocycles. The van der Waals surface area contributed by atoms with Crippen LogP contribution >= 0.6 is 23.1 Å². The number of benzene rings is 1. The smallest absolute Gasteiger partial charge is 0.358 e. The minimum atomic E-state index is -1.34. The standard InChI is InChI=1S/C10H5ClN2O4S/c11-5-3-1-2-4-6(5)17-10(16)8-7(9(14)15)12-13-18-8/h1-4H,(H,14,15). The Bertz CT molecular complexity index is 613. The summed E-state index contributed by atoms with van der Waals surface area (Å²) in [4.78, 5) is 22.3. The van der Waals surface area contributed by atoms with Crippen LogP contribution in [0.2, 0.25) is 5.02 Å². The molecule has 0 bridgehead atoms. The van der Waals surface area contributed by atoms with Crippen LogP contribution in [0, 0.1) is 0 Å². The highest BCUT2D eigenvalue weighted by Gasteiger charge is 2.23. The number of rotatable bonds is 3. The van der Waals surface area contributed by atoms with Crippen LogP contribution in [0.15, 0.2) is 24.3 Å². The maximum Gasteiger partial charge on any atom is 0.358 e. The Kier molecular flexibility index (Phi) is 3.54. The van der Waals surface area contributed by atoms with E-state index < -0.39 is 17.6 Å². The molecular formula is C10H5ClN2O4S. The molecule has 18 heavy (non-hydrogen) atoms. The van der Waals surface area contributed by atoms with Gasteiger partial charge in [0.2, 0.25) is 0 Å². The number of para-hydroxylation sites is 1. The molecule has 0 aliphatic heterocycles. The third kappa shape index (κ3) is 2.47. The second-order valence-corrected chi connectivity index (χ2v) is 4.24. The van der Waals surface area contributed by atoms with Gasteiger partial charge in [-0.1, -0.05) is 28.2 Å². The van der Waals surface area contributed by atoms with Gasteiger partial charge in [-0.25, -0.2) is 9.59 Å². The fourth-order valence-electron chi connectivity index (χ4n) is 1.14. The largest absolute Gasteiger partial charge is 0.476 e. The van der Waals surface area contributed by atoms with Crippen molar-refractivity contribution in [2.45, 2.75) is 0 Å². The topological polar surface area (TPSA) is 89.4 Å². The molecule has 1 N–H and O–H groups in total. The average Bonchev–Trinajstić information content (AvgIpc) is 2.81. The van der Waals surface area contributed by atoms with E-state index in [0.717, 1.165) is 0 Å². The molecule has 0 radical (unpaired) electrons. The van der Waals surface area contributed by atoms with E-state index in [-0.39, 0.29) is 15.6 Å². The van der Waals surface area contributed by atoms with E-state index in [9.17, 15) is 9.59 Å². The van der Waals surface area contributed by atoms with E-state index >= 15 is 0 Å². The Hall–Kier alpha value is -1.99. The van der Waals surface area contributed by atoms with Gasteiger partial charge in [-0.15, -0.1) is 5.10 Å². The number of aromatic nitrogens is 2. The highest BCUT2D eigenvalue weighted by Crippen LogP contribution is 2.25. The van der Waals surface area contributed by atoms with Gasteiger partial charge < -0.3 is 9.84 Å². The Labute approximate surface area is 110 Å². The number of esters is 1. The van der Waals surface area contributed by atoms with Crippen LogP contribution in [0.25, 0.3) is 0 Å². The van der Waals surface area contributed by atoms with E-state index in [1.807, 2.05) is 0 Å². The summed E-state index contributed by atoms with van der Waals surface area (Å²) in [5.41, 5.74) is -0.433. The first-order chi connectivity index (χ1) is 8.59. The predicted octanol–water partition coefficient (Wildman–Crippen LogP) is 2.11. The van der Waals surface area contributed by atoms with Crippen LogP contribution in [0.4, 0.5) is 0 Å². The average molecular weight is 285 g/mol. The molecule has 0 unspecified atom stereocenters. The van der Waals surface area contributed by atoms with Crippen molar-refractivity contribution in [3.63, 3.8) is 0 Å². The van der Waals surface area contributed by atoms with Crippen molar-refractivity contribution in [3.05, 3.63) is 39.9 Å². The van der Waals surface area contributed by atoms with Gasteiger partial charge in [-0.2, -0.15) is 0 Å². The molecule has 92 valence electrons. The molecule has 2 rings (SSSR count). The normalized spacial score (nSPS) is 10.1. The SMILES string of the molecule is O=C(O)c1nnsc1C(=O)Oc1ccccc1Cl. The number of carboxylic acid groups (broad SMARTS) is 1. The van der Waals surface area contributed by atoms with Gasteiger partial charge in [0.1, 0.15) is 5.75 Å². The molecule has 0 saturated heterocycles. The van der Waals surface area contributed by atoms with Crippen LogP contribution in [-0.4, -0.2) is 26.6 Å². The van der Waals surface area contributed by atoms with Crippen LogP contribution in [-0.2, 0) is 0 Å². The van der Waals surface area contributed by atoms with Crippen LogP contribution in [0.1, 0.15) is 20.2 Å². The maximum absolute atomic E-state index is 11.7. The zero-order chi connectivity index (χ0) is 13.1. The Morgan fingerprint density at radius 2 is 2.06 bits per heavy atom. The Balaban J connectivity index is 2.25. The Morgan fingerprint density at radius 3 is 2.72 bits per heavy atom. The first kappa shape index (κ1) is 12.5. The van der Waals surface area contributed by atoms with Crippen LogP contribution in [0.5, 0.6) is 5.75 Å². The first-order valence-electron chi connectivity index (χ1n) is 4.62. The molecule has 1 heterocycles. The number of carbonyl (C=O) groups is 2. The van der Waals surface area contributed by atoms with Gasteiger partial charge >= 0.3 is 11.9 Å². The van der Waals surface area contributed by atoms with Crippen molar-refractivity contribution < 1.29 is 19.4 Å². The number of aromatic carboxylic acids is 1. The van der Waals surface area contributed by atoms with Crippen LogP contribution < -0.4 is 4.74 Å². The van der Waals surface area contributed by atoms with Gasteiger partial charge in [0.05, 0.1) is 5.02 Å². The van der Waals surface area contributed by atoms with Crippen LogP contribution in [0.3, 0.4) is 0 Å². The summed E-state index contributed by atoms with van der Waals surface area (Å²) in [6, 6.07) is 6.36. The lowest BCUT2D eigenvalue weighted by molar-refractivity contribution is 0.0665. The molecule has 0 atom stereocenters. The zero-order valence-corrected chi connectivity index (χ0v) is 10.2. The Morgan fingerprint density at radius 1 is 1.33 bits per heavy atom. The zero-order valence-electron chi connectivity index (χ0n) is 8.66. The summed E-state index contributed by atoms with van der Waals surface area (Å²) >= 11 is 6.46. The van der Waals surface area contributed by atoms with Gasteiger partial charge in [0, 0.05) is 0 Å². The maximum atomic E-state index is 11.7.